The first kappa shape index (κ1) is 16.1. The third-order valence-corrected chi connectivity index (χ3v) is 3.21. The Bertz CT molecular complexity index is 622. The van der Waals surface area contributed by atoms with Crippen LogP contribution in [0.1, 0.15) is 24.1 Å². The fourth-order valence-corrected chi connectivity index (χ4v) is 1.97. The molecule has 22 heavy (non-hydrogen) atoms. The minimum Gasteiger partial charge on any atom is -0.354 e. The second kappa shape index (κ2) is 6.64. The normalized spacial score (nSPS) is 12.9. The summed E-state index contributed by atoms with van der Waals surface area (Å²) in [7, 11) is 0. The number of hydrogen-bond donors (Lipinski definition) is 1. The SMILES string of the molecule is C[C@@H](CNC(=O)Cn1ccc(C(F)(F)F)n1)c1ccccc1. The van der Waals surface area contributed by atoms with Crippen molar-refractivity contribution < 1.29 is 18.0 Å². The zero-order chi connectivity index (χ0) is 16.2. The summed E-state index contributed by atoms with van der Waals surface area (Å²) in [5.74, 6) is -0.256. The minimum atomic E-state index is -4.50. The number of rotatable bonds is 5. The van der Waals surface area contributed by atoms with Crippen molar-refractivity contribution in [2.75, 3.05) is 6.54 Å². The van der Waals surface area contributed by atoms with E-state index in [1.807, 2.05) is 37.3 Å². The fourth-order valence-electron chi connectivity index (χ4n) is 1.97. The molecule has 1 N–H and O–H groups in total. The van der Waals surface area contributed by atoms with E-state index >= 15 is 0 Å². The smallest absolute Gasteiger partial charge is 0.354 e. The molecule has 0 aliphatic rings. The van der Waals surface area contributed by atoms with E-state index in [1.54, 1.807) is 0 Å². The molecule has 0 aliphatic heterocycles. The van der Waals surface area contributed by atoms with Crippen molar-refractivity contribution in [3.8, 4) is 0 Å². The van der Waals surface area contributed by atoms with Crippen molar-refractivity contribution in [3.05, 3.63) is 53.9 Å². The summed E-state index contributed by atoms with van der Waals surface area (Å²) in [6, 6.07) is 10.5. The van der Waals surface area contributed by atoms with Crippen LogP contribution in [0.3, 0.4) is 0 Å². The number of benzene rings is 1. The van der Waals surface area contributed by atoms with Gasteiger partial charge in [0.05, 0.1) is 0 Å². The van der Waals surface area contributed by atoms with E-state index < -0.39 is 11.9 Å². The molecular weight excluding hydrogens is 295 g/mol. The molecule has 1 amide bonds. The summed E-state index contributed by atoms with van der Waals surface area (Å²) in [6.07, 6.45) is -3.35. The van der Waals surface area contributed by atoms with Gasteiger partial charge < -0.3 is 5.32 Å². The van der Waals surface area contributed by atoms with Gasteiger partial charge >= 0.3 is 6.18 Å². The molecule has 0 aliphatic carbocycles. The topological polar surface area (TPSA) is 46.9 Å². The molecule has 0 unspecified atom stereocenters. The van der Waals surface area contributed by atoms with Crippen LogP contribution in [0.2, 0.25) is 0 Å². The summed E-state index contributed by atoms with van der Waals surface area (Å²) >= 11 is 0. The largest absolute Gasteiger partial charge is 0.435 e. The lowest BCUT2D eigenvalue weighted by molar-refractivity contribution is -0.141. The molecule has 1 heterocycles. The van der Waals surface area contributed by atoms with Crippen molar-refractivity contribution in [2.45, 2.75) is 25.6 Å². The van der Waals surface area contributed by atoms with Crippen LogP contribution in [0.15, 0.2) is 42.6 Å². The molecule has 1 aromatic heterocycles. The van der Waals surface area contributed by atoms with Crippen LogP contribution in [-0.2, 0) is 17.5 Å². The van der Waals surface area contributed by atoms with Crippen molar-refractivity contribution >= 4 is 5.91 Å². The first-order chi connectivity index (χ1) is 10.4. The van der Waals surface area contributed by atoms with Crippen molar-refractivity contribution in [3.63, 3.8) is 0 Å². The van der Waals surface area contributed by atoms with Crippen molar-refractivity contribution in [1.29, 1.82) is 0 Å². The van der Waals surface area contributed by atoms with Crippen LogP contribution in [0.25, 0.3) is 0 Å². The van der Waals surface area contributed by atoms with Gasteiger partial charge in [-0.3, -0.25) is 9.48 Å². The highest BCUT2D eigenvalue weighted by Crippen LogP contribution is 2.27. The predicted molar refractivity (Wildman–Crippen MR) is 75.1 cm³/mol. The molecule has 0 saturated carbocycles. The molecular formula is C15H16F3N3O. The maximum atomic E-state index is 12.4. The quantitative estimate of drug-likeness (QED) is 0.923. The van der Waals surface area contributed by atoms with Crippen molar-refractivity contribution in [2.24, 2.45) is 0 Å². The van der Waals surface area contributed by atoms with Crippen LogP contribution in [-0.4, -0.2) is 22.2 Å². The van der Waals surface area contributed by atoms with Gasteiger partial charge in [-0.25, -0.2) is 0 Å². The van der Waals surface area contributed by atoms with E-state index in [4.69, 9.17) is 0 Å². The summed E-state index contributed by atoms with van der Waals surface area (Å²) in [5, 5.41) is 6.03. The molecule has 0 spiro atoms. The summed E-state index contributed by atoms with van der Waals surface area (Å²) in [6.45, 7) is 2.14. The maximum Gasteiger partial charge on any atom is 0.435 e. The second-order valence-electron chi connectivity index (χ2n) is 5.01. The molecule has 0 saturated heterocycles. The Morgan fingerprint density at radius 1 is 1.27 bits per heavy atom. The average Bonchev–Trinajstić information content (AvgIpc) is 2.94. The average molecular weight is 311 g/mol. The number of halogens is 3. The second-order valence-corrected chi connectivity index (χ2v) is 5.01. The predicted octanol–water partition coefficient (Wildman–Crippen LogP) is 2.82. The number of amides is 1. The minimum absolute atomic E-state index is 0.119. The Hall–Kier alpha value is -2.31. The molecule has 0 radical (unpaired) electrons. The van der Waals surface area contributed by atoms with Gasteiger partial charge in [-0.2, -0.15) is 18.3 Å². The molecule has 118 valence electrons. The van der Waals surface area contributed by atoms with E-state index in [1.165, 1.54) is 0 Å². The van der Waals surface area contributed by atoms with Gasteiger partial charge in [0.15, 0.2) is 5.69 Å². The summed E-state index contributed by atoms with van der Waals surface area (Å²) < 4.78 is 38.2. The van der Waals surface area contributed by atoms with Crippen LogP contribution < -0.4 is 5.32 Å². The zero-order valence-electron chi connectivity index (χ0n) is 12.0. The fraction of sp³-hybridized carbons (Fsp3) is 0.333. The van der Waals surface area contributed by atoms with Crippen LogP contribution in [0, 0.1) is 0 Å². The van der Waals surface area contributed by atoms with E-state index in [2.05, 4.69) is 10.4 Å². The van der Waals surface area contributed by atoms with Gasteiger partial charge in [0.2, 0.25) is 5.91 Å². The highest BCUT2D eigenvalue weighted by Gasteiger charge is 2.33. The molecule has 1 atom stereocenters. The number of nitrogens with one attached hydrogen (secondary N) is 1. The third-order valence-electron chi connectivity index (χ3n) is 3.21. The Labute approximate surface area is 125 Å². The number of carbonyl (C=O) groups is 1. The van der Waals surface area contributed by atoms with Gasteiger partial charge in [0.1, 0.15) is 6.54 Å². The lowest BCUT2D eigenvalue weighted by Gasteiger charge is -2.13. The van der Waals surface area contributed by atoms with E-state index in [-0.39, 0.29) is 18.4 Å². The Balaban J connectivity index is 1.84. The Morgan fingerprint density at radius 3 is 2.55 bits per heavy atom. The van der Waals surface area contributed by atoms with Gasteiger partial charge in [0.25, 0.3) is 0 Å². The monoisotopic (exact) mass is 311 g/mol. The number of aromatic nitrogens is 2. The summed E-state index contributed by atoms with van der Waals surface area (Å²) in [4.78, 5) is 11.8. The van der Waals surface area contributed by atoms with Crippen molar-refractivity contribution in [1.82, 2.24) is 15.1 Å². The zero-order valence-corrected chi connectivity index (χ0v) is 12.0. The number of nitrogens with zero attached hydrogens (tertiary/aromatic N) is 2. The lowest BCUT2D eigenvalue weighted by atomic mass is 10.0. The lowest BCUT2D eigenvalue weighted by Crippen LogP contribution is -2.31. The highest BCUT2D eigenvalue weighted by atomic mass is 19.4. The van der Waals surface area contributed by atoms with E-state index in [0.29, 0.717) is 6.54 Å². The molecule has 7 heteroatoms. The summed E-state index contributed by atoms with van der Waals surface area (Å²) in [5.41, 5.74) is 0.0826. The van der Waals surface area contributed by atoms with Crippen LogP contribution in [0.4, 0.5) is 13.2 Å². The maximum absolute atomic E-state index is 12.4. The molecule has 1 aromatic carbocycles. The van der Waals surface area contributed by atoms with Gasteiger partial charge in [-0.15, -0.1) is 0 Å². The molecule has 2 rings (SSSR count). The Morgan fingerprint density at radius 2 is 1.95 bits per heavy atom. The number of alkyl halides is 3. The molecule has 2 aromatic rings. The van der Waals surface area contributed by atoms with E-state index in [9.17, 15) is 18.0 Å². The van der Waals surface area contributed by atoms with Gasteiger partial charge in [0, 0.05) is 12.7 Å². The molecule has 4 nitrogen and oxygen atoms in total. The molecule has 0 bridgehead atoms. The molecule has 0 fully saturated rings. The van der Waals surface area contributed by atoms with Crippen LogP contribution in [0.5, 0.6) is 0 Å². The standard InChI is InChI=1S/C15H16F3N3O/c1-11(12-5-3-2-4-6-12)9-19-14(22)10-21-8-7-13(20-21)15(16,17)18/h2-8,11H,9-10H2,1H3,(H,19,22)/t11-/m0/s1. The van der Waals surface area contributed by atoms with Gasteiger partial charge in [-0.05, 0) is 17.5 Å². The first-order valence-electron chi connectivity index (χ1n) is 6.78. The van der Waals surface area contributed by atoms with Crippen LogP contribution >= 0.6 is 0 Å². The Kier molecular flexibility index (Phi) is 4.85. The highest BCUT2D eigenvalue weighted by molar-refractivity contribution is 5.75. The third kappa shape index (κ3) is 4.34. The number of carbonyl (C=O) groups excluding carboxylic acids is 1. The van der Waals surface area contributed by atoms with E-state index in [0.717, 1.165) is 22.5 Å². The number of hydrogen-bond acceptors (Lipinski definition) is 2. The van der Waals surface area contributed by atoms with Gasteiger partial charge in [-0.1, -0.05) is 37.3 Å². The first-order valence-corrected chi connectivity index (χ1v) is 6.78.